The van der Waals surface area contributed by atoms with Gasteiger partial charge in [-0.15, -0.1) is 11.3 Å². The second-order valence-electron chi connectivity index (χ2n) is 6.95. The van der Waals surface area contributed by atoms with E-state index in [9.17, 15) is 18.3 Å². The highest BCUT2D eigenvalue weighted by atomic mass is 32.1. The van der Waals surface area contributed by atoms with E-state index in [0.717, 1.165) is 55.0 Å². The predicted octanol–water partition coefficient (Wildman–Crippen LogP) is 6.80. The Hall–Kier alpha value is -2.47. The number of hydrogen-bond acceptors (Lipinski definition) is 3. The van der Waals surface area contributed by atoms with Crippen molar-refractivity contribution in [2.24, 2.45) is 0 Å². The van der Waals surface area contributed by atoms with Gasteiger partial charge in [-0.3, -0.25) is 0 Å². The summed E-state index contributed by atoms with van der Waals surface area (Å²) < 4.78 is 39.7. The third-order valence-corrected chi connectivity index (χ3v) is 6.31. The Balaban J connectivity index is 1.89. The highest BCUT2D eigenvalue weighted by Gasteiger charge is 2.32. The fourth-order valence-electron chi connectivity index (χ4n) is 3.63. The molecule has 6 heteroatoms. The molecular weight excluding hydrogens is 383 g/mol. The molecular formula is C22H20F3NOS. The molecule has 0 radical (unpaired) electrons. The molecule has 2 nitrogen and oxygen atoms in total. The molecule has 0 bridgehead atoms. The van der Waals surface area contributed by atoms with Crippen LogP contribution in [0.4, 0.5) is 18.2 Å². The Kier molecular flexibility index (Phi) is 5.06. The van der Waals surface area contributed by atoms with Crippen molar-refractivity contribution in [1.82, 2.24) is 0 Å². The molecule has 1 saturated heterocycles. The monoisotopic (exact) mass is 403 g/mol. The van der Waals surface area contributed by atoms with Gasteiger partial charge in [-0.25, -0.2) is 0 Å². The summed E-state index contributed by atoms with van der Waals surface area (Å²) in [6.45, 7) is 1.69. The smallest absolute Gasteiger partial charge is 0.416 e. The fourth-order valence-corrected chi connectivity index (χ4v) is 4.90. The summed E-state index contributed by atoms with van der Waals surface area (Å²) in [6, 6.07) is 14.7. The van der Waals surface area contributed by atoms with Gasteiger partial charge < -0.3 is 10.0 Å². The molecule has 1 aliphatic rings. The standard InChI is InChI=1S/C22H20F3NOS/c23-22(24,25)17-11-7-10-16(14-17)18-19(27)20(15-8-3-1-4-9-15)28-21(18)26-12-5-2-6-13-26/h1,3-4,7-11,14,27H,2,5-6,12-13H2. The van der Waals surface area contributed by atoms with E-state index in [1.54, 1.807) is 6.07 Å². The van der Waals surface area contributed by atoms with E-state index in [4.69, 9.17) is 0 Å². The molecule has 28 heavy (non-hydrogen) atoms. The summed E-state index contributed by atoms with van der Waals surface area (Å²) in [5, 5.41) is 11.9. The van der Waals surface area contributed by atoms with E-state index in [2.05, 4.69) is 4.90 Å². The van der Waals surface area contributed by atoms with E-state index in [1.165, 1.54) is 17.4 Å². The van der Waals surface area contributed by atoms with Crippen molar-refractivity contribution in [3.8, 4) is 27.3 Å². The molecule has 1 N–H and O–H groups in total. The van der Waals surface area contributed by atoms with Gasteiger partial charge >= 0.3 is 6.18 Å². The van der Waals surface area contributed by atoms with Crippen molar-refractivity contribution in [3.63, 3.8) is 0 Å². The molecule has 0 aliphatic carbocycles. The molecule has 146 valence electrons. The van der Waals surface area contributed by atoms with Crippen LogP contribution in [0.1, 0.15) is 24.8 Å². The number of anilines is 1. The van der Waals surface area contributed by atoms with Crippen LogP contribution >= 0.6 is 11.3 Å². The van der Waals surface area contributed by atoms with Crippen LogP contribution in [-0.2, 0) is 6.18 Å². The number of benzene rings is 2. The first-order valence-corrected chi connectivity index (χ1v) is 10.1. The minimum Gasteiger partial charge on any atom is -0.506 e. The third kappa shape index (κ3) is 3.61. The molecule has 4 rings (SSSR count). The lowest BCUT2D eigenvalue weighted by atomic mass is 10.0. The van der Waals surface area contributed by atoms with Gasteiger partial charge in [0, 0.05) is 13.1 Å². The molecule has 3 aromatic rings. The van der Waals surface area contributed by atoms with Crippen molar-refractivity contribution in [3.05, 3.63) is 60.2 Å². The molecule has 2 heterocycles. The number of alkyl halides is 3. The zero-order valence-electron chi connectivity index (χ0n) is 15.2. The van der Waals surface area contributed by atoms with E-state index >= 15 is 0 Å². The molecule has 0 unspecified atom stereocenters. The van der Waals surface area contributed by atoms with Crippen LogP contribution in [0, 0.1) is 0 Å². The lowest BCUT2D eigenvalue weighted by Crippen LogP contribution is -2.28. The van der Waals surface area contributed by atoms with Crippen molar-refractivity contribution >= 4 is 16.3 Å². The van der Waals surface area contributed by atoms with Crippen LogP contribution < -0.4 is 4.90 Å². The quantitative estimate of drug-likeness (QED) is 0.520. The van der Waals surface area contributed by atoms with Crippen molar-refractivity contribution in [2.45, 2.75) is 25.4 Å². The molecule has 1 aliphatic heterocycles. The van der Waals surface area contributed by atoms with E-state index < -0.39 is 11.7 Å². The highest BCUT2D eigenvalue weighted by Crippen LogP contribution is 2.52. The van der Waals surface area contributed by atoms with Crippen LogP contribution in [-0.4, -0.2) is 18.2 Å². The van der Waals surface area contributed by atoms with Gasteiger partial charge in [0.05, 0.1) is 16.0 Å². The van der Waals surface area contributed by atoms with Crippen LogP contribution in [0.3, 0.4) is 0 Å². The number of thiophene rings is 1. The second-order valence-corrected chi connectivity index (χ2v) is 7.95. The summed E-state index contributed by atoms with van der Waals surface area (Å²) in [5.41, 5.74) is 1.05. The number of halogens is 3. The number of aromatic hydroxyl groups is 1. The Morgan fingerprint density at radius 1 is 0.857 bits per heavy atom. The van der Waals surface area contributed by atoms with Crippen LogP contribution in [0.15, 0.2) is 54.6 Å². The first kappa shape index (κ1) is 18.9. The van der Waals surface area contributed by atoms with Gasteiger partial charge in [0.2, 0.25) is 0 Å². The summed E-state index contributed by atoms with van der Waals surface area (Å²) in [6.07, 6.45) is -1.18. The molecule has 0 amide bonds. The predicted molar refractivity (Wildman–Crippen MR) is 108 cm³/mol. The van der Waals surface area contributed by atoms with Crippen molar-refractivity contribution < 1.29 is 18.3 Å². The second kappa shape index (κ2) is 7.51. The van der Waals surface area contributed by atoms with Gasteiger partial charge in [-0.2, -0.15) is 13.2 Å². The zero-order chi connectivity index (χ0) is 19.7. The topological polar surface area (TPSA) is 23.5 Å². The highest BCUT2D eigenvalue weighted by molar-refractivity contribution is 7.20. The first-order chi connectivity index (χ1) is 13.4. The normalized spacial score (nSPS) is 15.0. The minimum atomic E-state index is -4.42. The Morgan fingerprint density at radius 2 is 1.54 bits per heavy atom. The fraction of sp³-hybridized carbons (Fsp3) is 0.273. The molecule has 2 aromatic carbocycles. The molecule has 1 aromatic heterocycles. The SMILES string of the molecule is Oc1c(-c2ccccc2)sc(N2CCCCC2)c1-c1cccc(C(F)(F)F)c1. The Labute approximate surface area is 165 Å². The number of piperidine rings is 1. The van der Waals surface area contributed by atoms with Gasteiger partial charge in [0.1, 0.15) is 10.8 Å². The third-order valence-electron chi connectivity index (χ3n) is 5.02. The van der Waals surface area contributed by atoms with Gasteiger partial charge in [-0.1, -0.05) is 42.5 Å². The van der Waals surface area contributed by atoms with E-state index in [1.807, 2.05) is 30.3 Å². The van der Waals surface area contributed by atoms with Crippen LogP contribution in [0.5, 0.6) is 5.75 Å². The van der Waals surface area contributed by atoms with Gasteiger partial charge in [0.15, 0.2) is 0 Å². The van der Waals surface area contributed by atoms with Gasteiger partial charge in [0.25, 0.3) is 0 Å². The van der Waals surface area contributed by atoms with Crippen LogP contribution in [0.25, 0.3) is 21.6 Å². The number of hydrogen-bond donors (Lipinski definition) is 1. The summed E-state index contributed by atoms with van der Waals surface area (Å²) in [4.78, 5) is 2.88. The van der Waals surface area contributed by atoms with Crippen molar-refractivity contribution in [1.29, 1.82) is 0 Å². The largest absolute Gasteiger partial charge is 0.506 e. The number of rotatable bonds is 3. The maximum Gasteiger partial charge on any atom is 0.416 e. The maximum atomic E-state index is 13.2. The summed E-state index contributed by atoms with van der Waals surface area (Å²) in [7, 11) is 0. The zero-order valence-corrected chi connectivity index (χ0v) is 16.0. The maximum absolute atomic E-state index is 13.2. The summed E-state index contributed by atoms with van der Waals surface area (Å²) in [5.74, 6) is 0.0519. The number of nitrogens with zero attached hydrogens (tertiary/aromatic N) is 1. The molecule has 0 spiro atoms. The lowest BCUT2D eigenvalue weighted by molar-refractivity contribution is -0.137. The summed E-state index contributed by atoms with van der Waals surface area (Å²) >= 11 is 1.45. The van der Waals surface area contributed by atoms with E-state index in [0.29, 0.717) is 16.0 Å². The Bertz CT molecular complexity index is 960. The Morgan fingerprint density at radius 3 is 2.21 bits per heavy atom. The van der Waals surface area contributed by atoms with Gasteiger partial charge in [-0.05, 0) is 42.5 Å². The molecule has 1 fully saturated rings. The van der Waals surface area contributed by atoms with Crippen LogP contribution in [0.2, 0.25) is 0 Å². The average molecular weight is 403 g/mol. The molecule has 0 saturated carbocycles. The average Bonchev–Trinajstić information content (AvgIpc) is 3.06. The van der Waals surface area contributed by atoms with E-state index in [-0.39, 0.29) is 5.75 Å². The minimum absolute atomic E-state index is 0.0519. The van der Waals surface area contributed by atoms with Crippen molar-refractivity contribution in [2.75, 3.05) is 18.0 Å². The molecule has 0 atom stereocenters. The lowest BCUT2D eigenvalue weighted by Gasteiger charge is -2.28. The first-order valence-electron chi connectivity index (χ1n) is 9.29.